The normalized spacial score (nSPS) is 35.5. The predicted molar refractivity (Wildman–Crippen MR) is 85.3 cm³/mol. The summed E-state index contributed by atoms with van der Waals surface area (Å²) in [4.78, 5) is 0. The molecule has 20 heavy (non-hydrogen) atoms. The van der Waals surface area contributed by atoms with Crippen LogP contribution < -0.4 is 0 Å². The van der Waals surface area contributed by atoms with Crippen molar-refractivity contribution in [2.45, 2.75) is 84.0 Å². The van der Waals surface area contributed by atoms with Gasteiger partial charge in [-0.1, -0.05) is 51.5 Å². The summed E-state index contributed by atoms with van der Waals surface area (Å²) in [5, 5.41) is 0. The fourth-order valence-electron chi connectivity index (χ4n) is 4.54. The minimum absolute atomic E-state index is 0.529. The molecule has 0 heterocycles. The van der Waals surface area contributed by atoms with Gasteiger partial charge in [0.25, 0.3) is 0 Å². The maximum atomic E-state index is 12.2. The topological polar surface area (TPSA) is 0 Å². The van der Waals surface area contributed by atoms with Crippen molar-refractivity contribution in [1.82, 2.24) is 0 Å². The summed E-state index contributed by atoms with van der Waals surface area (Å²) in [7, 11) is 0. The standard InChI is InChI=1S/C19H33F/c1-2-3-4-5-16-6-10-18(11-7-16)19-12-8-17(9-13-19)14-15-20/h14-19H,2-13H2,1H3/t16-,17-,18-,19-. The Morgan fingerprint density at radius 2 is 1.45 bits per heavy atom. The molecule has 2 aliphatic rings. The van der Waals surface area contributed by atoms with Crippen LogP contribution in [0.1, 0.15) is 84.0 Å². The number of halogens is 1. The Morgan fingerprint density at radius 1 is 0.850 bits per heavy atom. The van der Waals surface area contributed by atoms with Crippen LogP contribution in [0.25, 0.3) is 0 Å². The summed E-state index contributed by atoms with van der Waals surface area (Å²) in [5.74, 6) is 3.51. The second-order valence-corrected chi connectivity index (χ2v) is 7.27. The molecule has 1 heteroatoms. The largest absolute Gasteiger partial charge is 0.216 e. The highest BCUT2D eigenvalue weighted by molar-refractivity contribution is 4.89. The van der Waals surface area contributed by atoms with Crippen molar-refractivity contribution >= 4 is 0 Å². The lowest BCUT2D eigenvalue weighted by molar-refractivity contribution is 0.151. The lowest BCUT2D eigenvalue weighted by Crippen LogP contribution is -2.25. The number of rotatable bonds is 6. The van der Waals surface area contributed by atoms with E-state index in [1.54, 1.807) is 6.08 Å². The third-order valence-electron chi connectivity index (χ3n) is 5.94. The van der Waals surface area contributed by atoms with Gasteiger partial charge >= 0.3 is 0 Å². The second-order valence-electron chi connectivity index (χ2n) is 7.27. The smallest absolute Gasteiger partial charge is 0.0829 e. The molecule has 0 radical (unpaired) electrons. The van der Waals surface area contributed by atoms with Crippen molar-refractivity contribution in [3.8, 4) is 0 Å². The third-order valence-corrected chi connectivity index (χ3v) is 5.94. The maximum absolute atomic E-state index is 12.2. The van der Waals surface area contributed by atoms with Gasteiger partial charge in [0.1, 0.15) is 0 Å². The van der Waals surface area contributed by atoms with Gasteiger partial charge in [0.2, 0.25) is 0 Å². The average molecular weight is 280 g/mol. The van der Waals surface area contributed by atoms with Gasteiger partial charge in [0, 0.05) is 0 Å². The molecule has 0 aromatic rings. The molecule has 116 valence electrons. The number of hydrogen-bond donors (Lipinski definition) is 0. The van der Waals surface area contributed by atoms with E-state index in [1.165, 1.54) is 77.0 Å². The maximum Gasteiger partial charge on any atom is 0.0829 e. The van der Waals surface area contributed by atoms with Gasteiger partial charge in [0.15, 0.2) is 0 Å². The van der Waals surface area contributed by atoms with E-state index in [0.29, 0.717) is 5.92 Å². The Kier molecular flexibility index (Phi) is 7.10. The minimum Gasteiger partial charge on any atom is -0.216 e. The van der Waals surface area contributed by atoms with E-state index < -0.39 is 0 Å². The molecule has 0 unspecified atom stereocenters. The minimum atomic E-state index is 0.529. The first-order valence-corrected chi connectivity index (χ1v) is 9.10. The van der Waals surface area contributed by atoms with Crippen LogP contribution in [0.2, 0.25) is 0 Å². The predicted octanol–water partition coefficient (Wildman–Crippen LogP) is 6.66. The lowest BCUT2D eigenvalue weighted by Gasteiger charge is -2.37. The fourth-order valence-corrected chi connectivity index (χ4v) is 4.54. The van der Waals surface area contributed by atoms with Gasteiger partial charge in [0.05, 0.1) is 6.33 Å². The zero-order valence-electron chi connectivity index (χ0n) is 13.3. The van der Waals surface area contributed by atoms with Gasteiger partial charge < -0.3 is 0 Å². The molecule has 2 aliphatic carbocycles. The molecule has 0 N–H and O–H groups in total. The quantitative estimate of drug-likeness (QED) is 0.477. The Bertz CT molecular complexity index is 267. The zero-order valence-corrected chi connectivity index (χ0v) is 13.3. The van der Waals surface area contributed by atoms with E-state index in [-0.39, 0.29) is 0 Å². The summed E-state index contributed by atoms with van der Waals surface area (Å²) in [6.45, 7) is 2.30. The van der Waals surface area contributed by atoms with Crippen molar-refractivity contribution in [3.05, 3.63) is 12.4 Å². The number of allylic oxidation sites excluding steroid dienone is 1. The molecule has 0 nitrogen and oxygen atoms in total. The zero-order chi connectivity index (χ0) is 14.2. The Balaban J connectivity index is 1.64. The Hall–Kier alpha value is -0.330. The van der Waals surface area contributed by atoms with E-state index in [4.69, 9.17) is 0 Å². The Morgan fingerprint density at radius 3 is 2.00 bits per heavy atom. The molecule has 2 rings (SSSR count). The van der Waals surface area contributed by atoms with Crippen molar-refractivity contribution in [2.75, 3.05) is 0 Å². The molecule has 0 aromatic heterocycles. The summed E-state index contributed by atoms with van der Waals surface area (Å²) in [6.07, 6.45) is 19.3. The highest BCUT2D eigenvalue weighted by Gasteiger charge is 2.30. The van der Waals surface area contributed by atoms with Crippen LogP contribution in [0.4, 0.5) is 4.39 Å². The monoisotopic (exact) mass is 280 g/mol. The SMILES string of the molecule is CCCCC[C@H]1CC[C@H]([C@H]2CC[C@H](C=CF)CC2)CC1. The number of unbranched alkanes of at least 4 members (excludes halogenated alkanes) is 2. The summed E-state index contributed by atoms with van der Waals surface area (Å²) in [5.41, 5.74) is 0. The third kappa shape index (κ3) is 4.90. The molecule has 0 aromatic carbocycles. The molecule has 2 fully saturated rings. The van der Waals surface area contributed by atoms with Crippen molar-refractivity contribution in [1.29, 1.82) is 0 Å². The summed E-state index contributed by atoms with van der Waals surface area (Å²) >= 11 is 0. The van der Waals surface area contributed by atoms with Crippen LogP contribution in [-0.2, 0) is 0 Å². The molecule has 0 saturated heterocycles. The molecule has 0 aliphatic heterocycles. The van der Waals surface area contributed by atoms with Crippen LogP contribution in [0, 0.1) is 23.7 Å². The molecule has 2 saturated carbocycles. The fraction of sp³-hybridized carbons (Fsp3) is 0.895. The lowest BCUT2D eigenvalue weighted by atomic mass is 9.68. The molecule has 0 amide bonds. The highest BCUT2D eigenvalue weighted by Crippen LogP contribution is 2.42. The van der Waals surface area contributed by atoms with Gasteiger partial charge in [-0.2, -0.15) is 0 Å². The first-order valence-electron chi connectivity index (χ1n) is 9.10. The van der Waals surface area contributed by atoms with Crippen LogP contribution in [-0.4, -0.2) is 0 Å². The highest BCUT2D eigenvalue weighted by atomic mass is 19.1. The van der Waals surface area contributed by atoms with E-state index in [2.05, 4.69) is 6.92 Å². The van der Waals surface area contributed by atoms with E-state index in [0.717, 1.165) is 24.1 Å². The molecule has 0 spiro atoms. The van der Waals surface area contributed by atoms with Gasteiger partial charge in [-0.25, -0.2) is 4.39 Å². The van der Waals surface area contributed by atoms with Crippen LogP contribution >= 0.6 is 0 Å². The number of hydrogen-bond acceptors (Lipinski definition) is 0. The first-order chi connectivity index (χ1) is 9.83. The van der Waals surface area contributed by atoms with E-state index >= 15 is 0 Å². The van der Waals surface area contributed by atoms with E-state index in [9.17, 15) is 4.39 Å². The summed E-state index contributed by atoms with van der Waals surface area (Å²) < 4.78 is 12.2. The first kappa shape index (κ1) is 16.0. The van der Waals surface area contributed by atoms with Gasteiger partial charge in [-0.05, 0) is 62.2 Å². The van der Waals surface area contributed by atoms with Crippen LogP contribution in [0.15, 0.2) is 12.4 Å². The van der Waals surface area contributed by atoms with Crippen molar-refractivity contribution in [2.24, 2.45) is 23.7 Å². The Labute approximate surface area is 125 Å². The molecule has 0 atom stereocenters. The van der Waals surface area contributed by atoms with E-state index in [1.807, 2.05) is 0 Å². The van der Waals surface area contributed by atoms with Crippen LogP contribution in [0.3, 0.4) is 0 Å². The van der Waals surface area contributed by atoms with Gasteiger partial charge in [-0.15, -0.1) is 0 Å². The van der Waals surface area contributed by atoms with Crippen molar-refractivity contribution < 1.29 is 4.39 Å². The molecular formula is C19H33F. The second kappa shape index (κ2) is 8.85. The van der Waals surface area contributed by atoms with Gasteiger partial charge in [-0.3, -0.25) is 0 Å². The summed E-state index contributed by atoms with van der Waals surface area (Å²) in [6, 6.07) is 0. The van der Waals surface area contributed by atoms with Crippen molar-refractivity contribution in [3.63, 3.8) is 0 Å². The van der Waals surface area contributed by atoms with Crippen LogP contribution in [0.5, 0.6) is 0 Å². The molecular weight excluding hydrogens is 247 g/mol. The average Bonchev–Trinajstić information content (AvgIpc) is 2.49. The molecule has 0 bridgehead atoms.